The van der Waals surface area contributed by atoms with Gasteiger partial charge in [0.1, 0.15) is 0 Å². The molecule has 2 aromatic carbocycles. The molecule has 3 aromatic rings. The number of hydrogen-bond donors (Lipinski definition) is 2. The molecule has 1 saturated heterocycles. The van der Waals surface area contributed by atoms with Gasteiger partial charge in [0.05, 0.1) is 30.5 Å². The van der Waals surface area contributed by atoms with Gasteiger partial charge in [-0.1, -0.05) is 24.3 Å². The summed E-state index contributed by atoms with van der Waals surface area (Å²) in [6.45, 7) is 4.36. The molecule has 1 aliphatic rings. The molecule has 24 heavy (non-hydrogen) atoms. The number of fused-ring (bicyclic) bond motifs is 2. The molecule has 2 N–H and O–H groups in total. The molecule has 2 heterocycles. The van der Waals surface area contributed by atoms with Gasteiger partial charge in [-0.25, -0.2) is 0 Å². The molecule has 0 aliphatic carbocycles. The zero-order chi connectivity index (χ0) is 16.5. The quantitative estimate of drug-likeness (QED) is 0.565. The van der Waals surface area contributed by atoms with Crippen LogP contribution in [0.1, 0.15) is 19.3 Å². The number of rotatable bonds is 4. The van der Waals surface area contributed by atoms with Crippen molar-refractivity contribution >= 4 is 33.9 Å². The molecule has 1 aromatic heterocycles. The van der Waals surface area contributed by atoms with Gasteiger partial charge in [-0.15, -0.1) is 0 Å². The van der Waals surface area contributed by atoms with E-state index in [1.165, 1.54) is 25.9 Å². The first-order chi connectivity index (χ1) is 11.7. The van der Waals surface area contributed by atoms with Gasteiger partial charge in [0.25, 0.3) is 5.56 Å². The van der Waals surface area contributed by atoms with Crippen molar-refractivity contribution in [1.82, 2.24) is 9.55 Å². The summed E-state index contributed by atoms with van der Waals surface area (Å²) in [7, 11) is 0. The molecule has 0 bridgehead atoms. The van der Waals surface area contributed by atoms with Crippen molar-refractivity contribution in [3.63, 3.8) is 0 Å². The van der Waals surface area contributed by atoms with E-state index >= 15 is 0 Å². The molecule has 0 radical (unpaired) electrons. The summed E-state index contributed by atoms with van der Waals surface area (Å²) >= 11 is 5.44. The van der Waals surface area contributed by atoms with E-state index in [-0.39, 0.29) is 5.56 Å². The maximum Gasteiger partial charge on any atom is 0.262 e. The van der Waals surface area contributed by atoms with E-state index in [2.05, 4.69) is 11.1 Å². The molecule has 0 atom stereocenters. The lowest BCUT2D eigenvalue weighted by Gasteiger charge is -2.13. The first kappa shape index (κ1) is 15.5. The second kappa shape index (κ2) is 6.49. The average molecular weight is 340 g/mol. The van der Waals surface area contributed by atoms with Crippen molar-refractivity contribution in [1.29, 1.82) is 0 Å². The van der Waals surface area contributed by atoms with Gasteiger partial charge >= 0.3 is 0 Å². The van der Waals surface area contributed by atoms with Crippen LogP contribution in [0.2, 0.25) is 0 Å². The number of aromatic nitrogens is 2. The Morgan fingerprint density at radius 3 is 2.58 bits per heavy atom. The minimum absolute atomic E-state index is 0.0240. The molecule has 4 nitrogen and oxygen atoms in total. The maximum absolute atomic E-state index is 12.9. The molecule has 0 spiro atoms. The highest BCUT2D eigenvalue weighted by molar-refractivity contribution is 7.71. The van der Waals surface area contributed by atoms with Crippen LogP contribution < -0.4 is 10.5 Å². The summed E-state index contributed by atoms with van der Waals surface area (Å²) in [4.78, 5) is 17.8. The summed E-state index contributed by atoms with van der Waals surface area (Å²) in [5, 5.41) is 2.92. The maximum atomic E-state index is 12.9. The Hall–Kier alpha value is -1.98. The van der Waals surface area contributed by atoms with Crippen molar-refractivity contribution in [2.45, 2.75) is 25.8 Å². The number of benzene rings is 2. The second-order valence-electron chi connectivity index (χ2n) is 6.69. The molecule has 0 unspecified atom stereocenters. The van der Waals surface area contributed by atoms with Crippen molar-refractivity contribution in [3.05, 3.63) is 51.5 Å². The fraction of sp³-hybridized carbons (Fsp3) is 0.368. The number of H-pyrrole nitrogens is 1. The minimum Gasteiger partial charge on any atom is -0.335 e. The van der Waals surface area contributed by atoms with Crippen molar-refractivity contribution in [2.75, 3.05) is 19.6 Å². The number of likely N-dealkylation sites (tertiary alicyclic amines) is 1. The van der Waals surface area contributed by atoms with Gasteiger partial charge in [-0.05, 0) is 35.1 Å². The Kier molecular flexibility index (Phi) is 4.21. The number of nitrogens with one attached hydrogen (secondary N) is 2. The van der Waals surface area contributed by atoms with Crippen LogP contribution in [0.5, 0.6) is 0 Å². The molecule has 1 aliphatic heterocycles. The molecular weight excluding hydrogens is 318 g/mol. The van der Waals surface area contributed by atoms with E-state index in [9.17, 15) is 4.79 Å². The first-order valence-corrected chi connectivity index (χ1v) is 9.12. The number of aromatic amines is 1. The van der Waals surface area contributed by atoms with Gasteiger partial charge in [0, 0.05) is 25.8 Å². The Morgan fingerprint density at radius 2 is 1.83 bits per heavy atom. The van der Waals surface area contributed by atoms with E-state index in [0.717, 1.165) is 34.6 Å². The third kappa shape index (κ3) is 2.89. The predicted molar refractivity (Wildman–Crippen MR) is 100 cm³/mol. The van der Waals surface area contributed by atoms with Crippen molar-refractivity contribution in [2.24, 2.45) is 0 Å². The molecule has 124 valence electrons. The average Bonchev–Trinajstić information content (AvgIpc) is 3.10. The first-order valence-electron chi connectivity index (χ1n) is 8.71. The van der Waals surface area contributed by atoms with Crippen LogP contribution in [0.25, 0.3) is 21.7 Å². The summed E-state index contributed by atoms with van der Waals surface area (Å²) in [6.07, 6.45) is 3.66. The molecule has 1 fully saturated rings. The monoisotopic (exact) mass is 340 g/mol. The van der Waals surface area contributed by atoms with Crippen LogP contribution in [-0.4, -0.2) is 29.2 Å². The van der Waals surface area contributed by atoms with Gasteiger partial charge in [0.2, 0.25) is 0 Å². The van der Waals surface area contributed by atoms with Crippen LogP contribution in [0, 0.1) is 4.77 Å². The molecule has 4 rings (SSSR count). The van der Waals surface area contributed by atoms with Gasteiger partial charge in [-0.3, -0.25) is 9.36 Å². The lowest BCUT2D eigenvalue weighted by atomic mass is 10.1. The Bertz CT molecular complexity index is 999. The summed E-state index contributed by atoms with van der Waals surface area (Å²) < 4.78 is 2.25. The van der Waals surface area contributed by atoms with Crippen LogP contribution in [0.4, 0.5) is 0 Å². The largest absolute Gasteiger partial charge is 0.335 e. The van der Waals surface area contributed by atoms with E-state index in [4.69, 9.17) is 12.2 Å². The zero-order valence-corrected chi connectivity index (χ0v) is 14.5. The zero-order valence-electron chi connectivity index (χ0n) is 13.7. The third-order valence-electron chi connectivity index (χ3n) is 5.07. The van der Waals surface area contributed by atoms with Crippen LogP contribution >= 0.6 is 12.2 Å². The highest BCUT2D eigenvalue weighted by atomic mass is 32.1. The summed E-state index contributed by atoms with van der Waals surface area (Å²) in [6, 6.07) is 12.1. The summed E-state index contributed by atoms with van der Waals surface area (Å²) in [5.74, 6) is 0. The number of nitrogens with zero attached hydrogens (tertiary/aromatic N) is 1. The summed E-state index contributed by atoms with van der Waals surface area (Å²) in [5.41, 5.74) is 0.848. The Morgan fingerprint density at radius 1 is 1.12 bits per heavy atom. The van der Waals surface area contributed by atoms with Gasteiger partial charge < -0.3 is 9.88 Å². The van der Waals surface area contributed by atoms with Crippen molar-refractivity contribution in [3.8, 4) is 0 Å². The number of hydrogen-bond acceptors (Lipinski definition) is 2. The molecule has 0 amide bonds. The standard InChI is InChI=1S/C19H21N3OS/c23-18-16-12-14-6-1-2-7-15(14)13-17(16)20-19(24)22(18)11-5-10-21-8-3-4-9-21/h1-2,6-7,12-13H,3-5,8-11H2,(H,20,24)/p+1. The minimum atomic E-state index is 0.0240. The van der Waals surface area contributed by atoms with Crippen LogP contribution in [0.15, 0.2) is 41.2 Å². The topological polar surface area (TPSA) is 42.2 Å². The highest BCUT2D eigenvalue weighted by Crippen LogP contribution is 2.19. The lowest BCUT2D eigenvalue weighted by Crippen LogP contribution is -3.10. The normalized spacial score (nSPS) is 15.5. The third-order valence-corrected chi connectivity index (χ3v) is 5.39. The fourth-order valence-electron chi connectivity index (χ4n) is 3.76. The van der Waals surface area contributed by atoms with Crippen LogP contribution in [-0.2, 0) is 6.54 Å². The smallest absolute Gasteiger partial charge is 0.262 e. The SMILES string of the molecule is O=c1c2cc3ccccc3cc2[nH]c(=S)n1CCC[NH+]1CCCC1. The fourth-order valence-corrected chi connectivity index (χ4v) is 4.04. The van der Waals surface area contributed by atoms with Gasteiger partial charge in [-0.2, -0.15) is 0 Å². The lowest BCUT2D eigenvalue weighted by molar-refractivity contribution is -0.887. The van der Waals surface area contributed by atoms with E-state index in [0.29, 0.717) is 11.3 Å². The molecule has 0 saturated carbocycles. The highest BCUT2D eigenvalue weighted by Gasteiger charge is 2.15. The van der Waals surface area contributed by atoms with Crippen LogP contribution in [0.3, 0.4) is 0 Å². The van der Waals surface area contributed by atoms with E-state index in [1.807, 2.05) is 30.3 Å². The van der Waals surface area contributed by atoms with E-state index in [1.54, 1.807) is 9.47 Å². The Labute approximate surface area is 145 Å². The van der Waals surface area contributed by atoms with Crippen molar-refractivity contribution < 1.29 is 4.90 Å². The predicted octanol–water partition coefficient (Wildman–Crippen LogP) is 2.28. The number of quaternary nitrogens is 1. The molecular formula is C19H22N3OS+. The Balaban J connectivity index is 1.68. The molecule has 5 heteroatoms. The van der Waals surface area contributed by atoms with Gasteiger partial charge in [0.15, 0.2) is 4.77 Å². The second-order valence-corrected chi connectivity index (χ2v) is 7.08. The van der Waals surface area contributed by atoms with E-state index < -0.39 is 0 Å².